The lowest BCUT2D eigenvalue weighted by Crippen LogP contribution is -2.47. The second-order valence-corrected chi connectivity index (χ2v) is 3.20. The molecule has 0 radical (unpaired) electrons. The predicted octanol–water partition coefficient (Wildman–Crippen LogP) is 0.401. The zero-order valence-corrected chi connectivity index (χ0v) is 9.16. The van der Waals surface area contributed by atoms with Gasteiger partial charge in [0.2, 0.25) is 0 Å². The Labute approximate surface area is 86.1 Å². The number of hydrogen-bond acceptors (Lipinski definition) is 3. The maximum Gasteiger partial charge on any atom is 0.141 e. The third-order valence-corrected chi connectivity index (χ3v) is 2.15. The number of rotatable bonds is 3. The molecule has 1 N–H and O–H groups in total. The van der Waals surface area contributed by atoms with Gasteiger partial charge in [-0.25, -0.2) is 0 Å². The number of hydrogen-bond donors (Lipinski definition) is 1. The molecule has 1 heterocycles. The fourth-order valence-corrected chi connectivity index (χ4v) is 1.45. The van der Waals surface area contributed by atoms with Crippen LogP contribution < -0.4 is 5.32 Å². The van der Waals surface area contributed by atoms with Gasteiger partial charge in [0.15, 0.2) is 0 Å². The topological polar surface area (TPSA) is 40.0 Å². The highest BCUT2D eigenvalue weighted by atomic mass is 15.2. The molecule has 0 aliphatic carbocycles. The zero-order chi connectivity index (χ0) is 10.2. The highest BCUT2D eigenvalue weighted by Gasteiger charge is 2.11. The molecule has 1 fully saturated rings. The third-order valence-electron chi connectivity index (χ3n) is 2.15. The lowest BCUT2D eigenvalue weighted by molar-refractivity contribution is 0.360. The number of nitrogens with one attached hydrogen (secondary N) is 1. The van der Waals surface area contributed by atoms with Gasteiger partial charge in [-0.15, -0.1) is 0 Å². The van der Waals surface area contributed by atoms with Crippen LogP contribution in [0, 0.1) is 0 Å². The van der Waals surface area contributed by atoms with Crippen molar-refractivity contribution in [3.63, 3.8) is 0 Å². The Morgan fingerprint density at radius 1 is 1.29 bits per heavy atom. The molecule has 0 saturated carbocycles. The van der Waals surface area contributed by atoms with Crippen LogP contribution in [0.3, 0.4) is 0 Å². The van der Waals surface area contributed by atoms with Crippen molar-refractivity contribution in [1.29, 1.82) is 0 Å². The summed E-state index contributed by atoms with van der Waals surface area (Å²) in [6.45, 7) is 9.91. The molecule has 4 nitrogen and oxygen atoms in total. The van der Waals surface area contributed by atoms with E-state index in [1.165, 1.54) is 0 Å². The first kappa shape index (κ1) is 11.2. The average molecular weight is 196 g/mol. The third kappa shape index (κ3) is 3.46. The number of aliphatic imine (C=N–C) groups is 2. The molecule has 4 heteroatoms. The molecule has 0 unspecified atom stereocenters. The van der Waals surface area contributed by atoms with Crippen molar-refractivity contribution in [2.75, 3.05) is 39.3 Å². The molecule has 80 valence electrons. The Balaban J connectivity index is 2.56. The molecule has 0 spiro atoms. The Morgan fingerprint density at radius 3 is 2.57 bits per heavy atom. The molecule has 0 aromatic rings. The lowest BCUT2D eigenvalue weighted by atomic mass is 10.3. The van der Waals surface area contributed by atoms with Crippen LogP contribution in [0.25, 0.3) is 0 Å². The van der Waals surface area contributed by atoms with Gasteiger partial charge in [0.05, 0.1) is 6.21 Å². The van der Waals surface area contributed by atoms with Gasteiger partial charge in [0, 0.05) is 39.3 Å². The van der Waals surface area contributed by atoms with E-state index in [0.29, 0.717) is 0 Å². The molecule has 1 aliphatic heterocycles. The van der Waals surface area contributed by atoms with Crippen LogP contribution in [0.1, 0.15) is 13.8 Å². The van der Waals surface area contributed by atoms with Gasteiger partial charge < -0.3 is 10.2 Å². The number of nitrogens with zero attached hydrogens (tertiary/aromatic N) is 3. The molecule has 0 atom stereocenters. The van der Waals surface area contributed by atoms with Crippen molar-refractivity contribution in [2.45, 2.75) is 13.8 Å². The van der Waals surface area contributed by atoms with Gasteiger partial charge in [0.25, 0.3) is 0 Å². The molecule has 14 heavy (non-hydrogen) atoms. The second kappa shape index (κ2) is 6.54. The fourth-order valence-electron chi connectivity index (χ4n) is 1.45. The van der Waals surface area contributed by atoms with E-state index in [2.05, 4.69) is 27.1 Å². The quantitative estimate of drug-likeness (QED) is 0.524. The van der Waals surface area contributed by atoms with Crippen LogP contribution in [0.4, 0.5) is 0 Å². The van der Waals surface area contributed by atoms with Crippen molar-refractivity contribution in [2.24, 2.45) is 9.98 Å². The van der Waals surface area contributed by atoms with E-state index >= 15 is 0 Å². The van der Waals surface area contributed by atoms with E-state index in [-0.39, 0.29) is 0 Å². The van der Waals surface area contributed by atoms with Gasteiger partial charge in [-0.2, -0.15) is 0 Å². The number of amidine groups is 1. The molecule has 1 rings (SSSR count). The van der Waals surface area contributed by atoms with Gasteiger partial charge in [-0.05, 0) is 13.8 Å². The summed E-state index contributed by atoms with van der Waals surface area (Å²) >= 11 is 0. The summed E-state index contributed by atoms with van der Waals surface area (Å²) in [5.74, 6) is 1.04. The van der Waals surface area contributed by atoms with E-state index in [9.17, 15) is 0 Å². The summed E-state index contributed by atoms with van der Waals surface area (Å²) in [6.07, 6.45) is 1.90. The molecule has 0 aromatic carbocycles. The van der Waals surface area contributed by atoms with Gasteiger partial charge >= 0.3 is 0 Å². The maximum absolute atomic E-state index is 4.45. The highest BCUT2D eigenvalue weighted by Crippen LogP contribution is 1.94. The zero-order valence-electron chi connectivity index (χ0n) is 9.16. The fraction of sp³-hybridized carbons (Fsp3) is 0.800. The summed E-state index contributed by atoms with van der Waals surface area (Å²) in [6, 6.07) is 0. The van der Waals surface area contributed by atoms with E-state index in [1.807, 2.05) is 13.1 Å². The van der Waals surface area contributed by atoms with E-state index in [0.717, 1.165) is 45.1 Å². The van der Waals surface area contributed by atoms with Crippen LogP contribution in [-0.4, -0.2) is 56.2 Å². The molecule has 1 saturated heterocycles. The summed E-state index contributed by atoms with van der Waals surface area (Å²) in [4.78, 5) is 11.0. The van der Waals surface area contributed by atoms with E-state index < -0.39 is 0 Å². The standard InChI is InChI=1S/C10H20N4/c1-3-11-9-10(13-4-2)14-7-5-12-6-8-14/h9,12H,3-8H2,1-2H3. The van der Waals surface area contributed by atoms with Gasteiger partial charge in [-0.1, -0.05) is 0 Å². The molecule has 0 amide bonds. The Hall–Kier alpha value is -0.900. The van der Waals surface area contributed by atoms with Crippen molar-refractivity contribution >= 4 is 12.1 Å². The molecular formula is C10H20N4. The van der Waals surface area contributed by atoms with Crippen molar-refractivity contribution in [3.8, 4) is 0 Å². The predicted molar refractivity (Wildman–Crippen MR) is 61.5 cm³/mol. The van der Waals surface area contributed by atoms with Crippen LogP contribution in [-0.2, 0) is 0 Å². The molecule has 0 aromatic heterocycles. The van der Waals surface area contributed by atoms with Crippen molar-refractivity contribution in [1.82, 2.24) is 10.2 Å². The van der Waals surface area contributed by atoms with Crippen LogP contribution in [0.15, 0.2) is 9.98 Å². The Bertz CT molecular complexity index is 204. The minimum atomic E-state index is 0.828. The van der Waals surface area contributed by atoms with Crippen LogP contribution in [0.2, 0.25) is 0 Å². The van der Waals surface area contributed by atoms with Crippen LogP contribution in [0.5, 0.6) is 0 Å². The normalized spacial score (nSPS) is 19.3. The SMILES string of the molecule is CCN=CC(=NCC)N1CCNCC1. The first-order chi connectivity index (χ1) is 6.88. The highest BCUT2D eigenvalue weighted by molar-refractivity contribution is 6.29. The minimum Gasteiger partial charge on any atom is -0.353 e. The Kier molecular flexibility index (Phi) is 5.22. The summed E-state index contributed by atoms with van der Waals surface area (Å²) in [5, 5.41) is 3.33. The first-order valence-electron chi connectivity index (χ1n) is 5.38. The van der Waals surface area contributed by atoms with Gasteiger partial charge in [-0.3, -0.25) is 9.98 Å². The molecular weight excluding hydrogens is 176 g/mol. The minimum absolute atomic E-state index is 0.828. The van der Waals surface area contributed by atoms with Crippen molar-refractivity contribution in [3.05, 3.63) is 0 Å². The van der Waals surface area contributed by atoms with Gasteiger partial charge in [0.1, 0.15) is 5.84 Å². The van der Waals surface area contributed by atoms with Crippen molar-refractivity contribution < 1.29 is 0 Å². The van der Waals surface area contributed by atoms with Crippen LogP contribution >= 0.6 is 0 Å². The van der Waals surface area contributed by atoms with E-state index in [1.54, 1.807) is 0 Å². The average Bonchev–Trinajstić information content (AvgIpc) is 2.25. The first-order valence-corrected chi connectivity index (χ1v) is 5.38. The Morgan fingerprint density at radius 2 is 2.00 bits per heavy atom. The lowest BCUT2D eigenvalue weighted by Gasteiger charge is -2.28. The smallest absolute Gasteiger partial charge is 0.141 e. The summed E-state index contributed by atoms with van der Waals surface area (Å²) < 4.78 is 0. The summed E-state index contributed by atoms with van der Waals surface area (Å²) in [7, 11) is 0. The number of piperazine rings is 1. The molecule has 1 aliphatic rings. The summed E-state index contributed by atoms with van der Waals surface area (Å²) in [5.41, 5.74) is 0. The maximum atomic E-state index is 4.45. The molecule has 0 bridgehead atoms. The largest absolute Gasteiger partial charge is 0.353 e. The second-order valence-electron chi connectivity index (χ2n) is 3.20. The monoisotopic (exact) mass is 196 g/mol. The van der Waals surface area contributed by atoms with E-state index in [4.69, 9.17) is 0 Å².